The Balaban J connectivity index is 2.01. The van der Waals surface area contributed by atoms with Gasteiger partial charge >= 0.3 is 0 Å². The molecule has 0 radical (unpaired) electrons. The second-order valence-corrected chi connectivity index (χ2v) is 7.03. The summed E-state index contributed by atoms with van der Waals surface area (Å²) in [6, 6.07) is 12.0. The maximum Gasteiger partial charge on any atom is 0.283 e. The van der Waals surface area contributed by atoms with Crippen molar-refractivity contribution in [3.63, 3.8) is 0 Å². The summed E-state index contributed by atoms with van der Waals surface area (Å²) in [6.07, 6.45) is 0.957. The van der Waals surface area contributed by atoms with Crippen LogP contribution < -0.4 is 5.73 Å². The zero-order valence-corrected chi connectivity index (χ0v) is 16.0. The van der Waals surface area contributed by atoms with Gasteiger partial charge in [0.05, 0.1) is 15.6 Å². The molecule has 0 atom stereocenters. The van der Waals surface area contributed by atoms with E-state index in [1.165, 1.54) is 17.7 Å². The number of aryl methyl sites for hydroxylation is 1. The highest BCUT2D eigenvalue weighted by Gasteiger charge is 2.19. The van der Waals surface area contributed by atoms with Crippen LogP contribution >= 0.6 is 11.8 Å². The molecule has 27 heavy (non-hydrogen) atoms. The number of nitro groups is 1. The number of nitrogens with zero attached hydrogens (tertiary/aromatic N) is 2. The number of hydrogen-bond donors (Lipinski definition) is 1. The molecule has 0 heterocycles. The summed E-state index contributed by atoms with van der Waals surface area (Å²) < 4.78 is 0. The number of carbonyl (C=O) groups excluding carboxylic acids is 2. The number of carbonyl (C=O) groups is 2. The Bertz CT molecular complexity index is 853. The van der Waals surface area contributed by atoms with Crippen LogP contribution in [0.1, 0.15) is 28.4 Å². The van der Waals surface area contributed by atoms with Crippen molar-refractivity contribution in [3.8, 4) is 0 Å². The van der Waals surface area contributed by atoms with Crippen LogP contribution in [0.3, 0.4) is 0 Å². The number of primary amides is 1. The van der Waals surface area contributed by atoms with E-state index in [-0.39, 0.29) is 22.9 Å². The van der Waals surface area contributed by atoms with Gasteiger partial charge in [0.2, 0.25) is 11.8 Å². The lowest BCUT2D eigenvalue weighted by Gasteiger charge is -2.17. The molecule has 2 aromatic carbocycles. The van der Waals surface area contributed by atoms with Gasteiger partial charge in [-0.05, 0) is 29.7 Å². The molecule has 0 aliphatic heterocycles. The van der Waals surface area contributed by atoms with Crippen molar-refractivity contribution < 1.29 is 14.5 Å². The summed E-state index contributed by atoms with van der Waals surface area (Å²) in [5.74, 6) is -0.826. The van der Waals surface area contributed by atoms with Crippen LogP contribution in [0.25, 0.3) is 0 Å². The first-order chi connectivity index (χ1) is 12.8. The zero-order chi connectivity index (χ0) is 20.0. The van der Waals surface area contributed by atoms with Gasteiger partial charge in [0.1, 0.15) is 0 Å². The first kappa shape index (κ1) is 20.4. The molecule has 0 saturated carbocycles. The van der Waals surface area contributed by atoms with Crippen LogP contribution in [-0.4, -0.2) is 34.4 Å². The number of nitro benzene ring substituents is 1. The summed E-state index contributed by atoms with van der Waals surface area (Å²) in [7, 11) is 1.70. The van der Waals surface area contributed by atoms with E-state index in [1.54, 1.807) is 11.9 Å². The summed E-state index contributed by atoms with van der Waals surface area (Å²) in [5, 5.41) is 11.2. The number of nitrogens with two attached hydrogens (primary N) is 1. The Hall–Kier alpha value is -2.87. The average molecular weight is 387 g/mol. The van der Waals surface area contributed by atoms with Crippen molar-refractivity contribution in [1.29, 1.82) is 0 Å². The summed E-state index contributed by atoms with van der Waals surface area (Å²) >= 11 is 1.06. The summed E-state index contributed by atoms with van der Waals surface area (Å²) in [6.45, 7) is 2.54. The number of amides is 2. The zero-order valence-electron chi connectivity index (χ0n) is 15.2. The molecule has 0 aromatic heterocycles. The van der Waals surface area contributed by atoms with Gasteiger partial charge in [-0.15, -0.1) is 11.8 Å². The first-order valence-electron chi connectivity index (χ1n) is 8.34. The Kier molecular flexibility index (Phi) is 6.95. The maximum atomic E-state index is 12.4. The maximum absolute atomic E-state index is 12.4. The van der Waals surface area contributed by atoms with Crippen molar-refractivity contribution in [1.82, 2.24) is 4.90 Å². The molecule has 0 aliphatic carbocycles. The van der Waals surface area contributed by atoms with Gasteiger partial charge in [0, 0.05) is 25.2 Å². The van der Waals surface area contributed by atoms with Gasteiger partial charge in [-0.25, -0.2) is 0 Å². The molecule has 0 spiro atoms. The predicted octanol–water partition coefficient (Wildman–Crippen LogP) is 3.01. The summed E-state index contributed by atoms with van der Waals surface area (Å²) in [5.41, 5.74) is 7.23. The van der Waals surface area contributed by atoms with E-state index >= 15 is 0 Å². The van der Waals surface area contributed by atoms with Crippen LogP contribution in [0, 0.1) is 10.1 Å². The molecule has 7 nitrogen and oxygen atoms in total. The van der Waals surface area contributed by atoms with Crippen LogP contribution in [-0.2, 0) is 17.8 Å². The fourth-order valence-corrected chi connectivity index (χ4v) is 3.37. The third-order valence-corrected chi connectivity index (χ3v) is 5.12. The van der Waals surface area contributed by atoms with Gasteiger partial charge in [-0.2, -0.15) is 0 Å². The van der Waals surface area contributed by atoms with E-state index in [0.717, 1.165) is 29.8 Å². The number of hydrogen-bond acceptors (Lipinski definition) is 5. The van der Waals surface area contributed by atoms with E-state index in [0.29, 0.717) is 11.4 Å². The lowest BCUT2D eigenvalue weighted by molar-refractivity contribution is -0.387. The molecule has 0 unspecified atom stereocenters. The van der Waals surface area contributed by atoms with Crippen molar-refractivity contribution in [2.24, 2.45) is 5.73 Å². The van der Waals surface area contributed by atoms with Crippen molar-refractivity contribution in [3.05, 3.63) is 69.3 Å². The van der Waals surface area contributed by atoms with Gasteiger partial charge in [-0.3, -0.25) is 19.7 Å². The minimum Gasteiger partial charge on any atom is -0.366 e. The highest BCUT2D eigenvalue weighted by atomic mass is 32.2. The van der Waals surface area contributed by atoms with Crippen molar-refractivity contribution in [2.75, 3.05) is 12.8 Å². The fraction of sp³-hybridized carbons (Fsp3) is 0.263. The standard InChI is InChI=1S/C19H21N3O4S/c1-3-13-4-6-14(7-5-13)11-21(2)18(23)12-27-17-9-8-15(19(20)24)10-16(17)22(25)26/h4-10H,3,11-12H2,1-2H3,(H2,20,24). The Labute approximate surface area is 161 Å². The number of thioether (sulfide) groups is 1. The number of benzene rings is 2. The molecule has 2 aromatic rings. The lowest BCUT2D eigenvalue weighted by Crippen LogP contribution is -2.27. The lowest BCUT2D eigenvalue weighted by atomic mass is 10.1. The van der Waals surface area contributed by atoms with Gasteiger partial charge in [-0.1, -0.05) is 31.2 Å². The van der Waals surface area contributed by atoms with Gasteiger partial charge in [0.15, 0.2) is 0 Å². The molecule has 0 bridgehead atoms. The second kappa shape index (κ2) is 9.18. The molecule has 2 N–H and O–H groups in total. The highest BCUT2D eigenvalue weighted by Crippen LogP contribution is 2.30. The summed E-state index contributed by atoms with van der Waals surface area (Å²) in [4.78, 5) is 36.1. The molecule has 0 fully saturated rings. The second-order valence-electron chi connectivity index (χ2n) is 6.01. The van der Waals surface area contributed by atoms with Gasteiger partial charge in [0.25, 0.3) is 5.69 Å². The minimum atomic E-state index is -0.737. The molecular formula is C19H21N3O4S. The molecule has 8 heteroatoms. The molecule has 2 rings (SSSR count). The average Bonchev–Trinajstić information content (AvgIpc) is 2.66. The monoisotopic (exact) mass is 387 g/mol. The van der Waals surface area contributed by atoms with Gasteiger partial charge < -0.3 is 10.6 Å². The topological polar surface area (TPSA) is 107 Å². The van der Waals surface area contributed by atoms with Crippen LogP contribution in [0.5, 0.6) is 0 Å². The largest absolute Gasteiger partial charge is 0.366 e. The van der Waals surface area contributed by atoms with Crippen molar-refractivity contribution in [2.45, 2.75) is 24.8 Å². The minimum absolute atomic E-state index is 0.0559. The Morgan fingerprint density at radius 1 is 1.15 bits per heavy atom. The Morgan fingerprint density at radius 2 is 1.78 bits per heavy atom. The van der Waals surface area contributed by atoms with Crippen molar-refractivity contribution >= 4 is 29.3 Å². The number of rotatable bonds is 8. The Morgan fingerprint density at radius 3 is 2.33 bits per heavy atom. The molecule has 0 saturated heterocycles. The molecular weight excluding hydrogens is 366 g/mol. The highest BCUT2D eigenvalue weighted by molar-refractivity contribution is 8.00. The quantitative estimate of drug-likeness (QED) is 0.426. The third-order valence-electron chi connectivity index (χ3n) is 4.07. The normalized spacial score (nSPS) is 10.4. The van der Waals surface area contributed by atoms with E-state index in [9.17, 15) is 19.7 Å². The van der Waals surface area contributed by atoms with Crippen LogP contribution in [0.2, 0.25) is 0 Å². The molecule has 142 valence electrons. The van der Waals surface area contributed by atoms with E-state index in [2.05, 4.69) is 6.92 Å². The van der Waals surface area contributed by atoms with Crippen LogP contribution in [0.15, 0.2) is 47.4 Å². The smallest absolute Gasteiger partial charge is 0.283 e. The van der Waals surface area contributed by atoms with E-state index in [1.807, 2.05) is 24.3 Å². The third kappa shape index (κ3) is 5.55. The molecule has 2 amide bonds. The van der Waals surface area contributed by atoms with Crippen LogP contribution in [0.4, 0.5) is 5.69 Å². The fourth-order valence-electron chi connectivity index (χ4n) is 2.43. The van der Waals surface area contributed by atoms with E-state index < -0.39 is 10.8 Å². The first-order valence-corrected chi connectivity index (χ1v) is 9.33. The predicted molar refractivity (Wildman–Crippen MR) is 105 cm³/mol. The van der Waals surface area contributed by atoms with E-state index in [4.69, 9.17) is 5.73 Å². The SMILES string of the molecule is CCc1ccc(CN(C)C(=O)CSc2ccc(C(N)=O)cc2[N+](=O)[O-])cc1. The molecule has 0 aliphatic rings.